The maximum atomic E-state index is 8.95. The van der Waals surface area contributed by atoms with Crippen molar-refractivity contribution in [3.05, 3.63) is 36.5 Å². The summed E-state index contributed by atoms with van der Waals surface area (Å²) in [5.74, 6) is 0. The van der Waals surface area contributed by atoms with Gasteiger partial charge in [0.2, 0.25) is 0 Å². The predicted molar refractivity (Wildman–Crippen MR) is 63.0 cm³/mol. The zero-order valence-corrected chi connectivity index (χ0v) is 8.98. The summed E-state index contributed by atoms with van der Waals surface area (Å²) in [5.41, 5.74) is 1.19. The maximum absolute atomic E-state index is 8.95. The van der Waals surface area contributed by atoms with E-state index in [2.05, 4.69) is 40.3 Å². The second kappa shape index (κ2) is 3.36. The summed E-state index contributed by atoms with van der Waals surface area (Å²) in [7, 11) is 0. The monoisotopic (exact) mass is 211 g/mol. The number of hydrogen-bond donors (Lipinski definition) is 1. The summed E-state index contributed by atoms with van der Waals surface area (Å²) in [6.45, 7) is 1.78. The Kier molecular flexibility index (Phi) is 1.98. The summed E-state index contributed by atoms with van der Waals surface area (Å²) in [5, 5.41) is 13.5. The molecule has 0 spiro atoms. The average Bonchev–Trinajstić information content (AvgIpc) is 2.68. The highest BCUT2D eigenvalue weighted by atomic mass is 15.2. The molecule has 0 amide bonds. The third kappa shape index (κ3) is 1.17. The van der Waals surface area contributed by atoms with Gasteiger partial charge in [-0.05, 0) is 17.5 Å². The lowest BCUT2D eigenvalue weighted by Gasteiger charge is -2.43. The van der Waals surface area contributed by atoms with Crippen LogP contribution in [0.5, 0.6) is 0 Å². The van der Waals surface area contributed by atoms with E-state index in [1.807, 2.05) is 12.1 Å². The number of nitriles is 1. The normalized spacial score (nSPS) is 17.9. The van der Waals surface area contributed by atoms with Gasteiger partial charge < -0.3 is 9.88 Å². The molecule has 1 aliphatic rings. The van der Waals surface area contributed by atoms with Gasteiger partial charge in [-0.3, -0.25) is 0 Å². The molecule has 16 heavy (non-hydrogen) atoms. The van der Waals surface area contributed by atoms with Crippen LogP contribution in [0.2, 0.25) is 0 Å². The third-order valence-electron chi connectivity index (χ3n) is 3.43. The van der Waals surface area contributed by atoms with E-state index >= 15 is 0 Å². The first kappa shape index (κ1) is 9.44. The van der Waals surface area contributed by atoms with E-state index in [-0.39, 0.29) is 5.54 Å². The number of para-hydroxylation sites is 1. The molecule has 80 valence electrons. The highest BCUT2D eigenvalue weighted by molar-refractivity contribution is 5.80. The Hall–Kier alpha value is -1.79. The van der Waals surface area contributed by atoms with E-state index in [1.165, 1.54) is 10.9 Å². The summed E-state index contributed by atoms with van der Waals surface area (Å²) < 4.78 is 2.25. The SMILES string of the molecule is N#CCC1(n2ccc3ccccc32)CNC1. The number of fused-ring (bicyclic) bond motifs is 1. The van der Waals surface area contributed by atoms with Crippen LogP contribution in [0.25, 0.3) is 10.9 Å². The van der Waals surface area contributed by atoms with Crippen molar-refractivity contribution in [2.24, 2.45) is 0 Å². The van der Waals surface area contributed by atoms with Gasteiger partial charge in [-0.2, -0.15) is 5.26 Å². The molecule has 1 N–H and O–H groups in total. The zero-order valence-electron chi connectivity index (χ0n) is 8.98. The predicted octanol–water partition coefficient (Wildman–Crippen LogP) is 1.85. The first-order chi connectivity index (χ1) is 7.86. The number of aromatic nitrogens is 1. The molecule has 1 aromatic heterocycles. The molecule has 0 saturated carbocycles. The highest BCUT2D eigenvalue weighted by Gasteiger charge is 2.38. The van der Waals surface area contributed by atoms with E-state index < -0.39 is 0 Å². The fraction of sp³-hybridized carbons (Fsp3) is 0.308. The molecular weight excluding hydrogens is 198 g/mol. The molecular formula is C13H13N3. The molecule has 0 atom stereocenters. The zero-order chi connectivity index (χ0) is 11.0. The number of nitrogens with one attached hydrogen (secondary N) is 1. The van der Waals surface area contributed by atoms with Crippen LogP contribution in [-0.4, -0.2) is 17.7 Å². The Morgan fingerprint density at radius 3 is 2.81 bits per heavy atom. The van der Waals surface area contributed by atoms with Crippen LogP contribution in [-0.2, 0) is 5.54 Å². The van der Waals surface area contributed by atoms with Gasteiger partial charge in [-0.1, -0.05) is 18.2 Å². The van der Waals surface area contributed by atoms with E-state index in [9.17, 15) is 0 Å². The number of benzene rings is 1. The standard InChI is InChI=1S/C13H13N3/c14-7-6-13(9-15-10-13)16-8-5-11-3-1-2-4-12(11)16/h1-5,8,15H,6,9-10H2. The number of hydrogen-bond acceptors (Lipinski definition) is 2. The second-order valence-corrected chi connectivity index (χ2v) is 4.41. The van der Waals surface area contributed by atoms with Crippen LogP contribution in [0.15, 0.2) is 36.5 Å². The third-order valence-corrected chi connectivity index (χ3v) is 3.43. The summed E-state index contributed by atoms with van der Waals surface area (Å²) >= 11 is 0. The maximum Gasteiger partial charge on any atom is 0.0822 e. The molecule has 3 heteroatoms. The van der Waals surface area contributed by atoms with E-state index in [4.69, 9.17) is 5.26 Å². The van der Waals surface area contributed by atoms with Crippen molar-refractivity contribution < 1.29 is 0 Å². The van der Waals surface area contributed by atoms with Gasteiger partial charge >= 0.3 is 0 Å². The largest absolute Gasteiger partial charge is 0.338 e. The van der Waals surface area contributed by atoms with E-state index in [1.54, 1.807) is 0 Å². The van der Waals surface area contributed by atoms with Crippen molar-refractivity contribution in [1.82, 2.24) is 9.88 Å². The summed E-state index contributed by atoms with van der Waals surface area (Å²) in [6.07, 6.45) is 2.67. The minimum atomic E-state index is -0.0299. The fourth-order valence-corrected chi connectivity index (χ4v) is 2.44. The lowest BCUT2D eigenvalue weighted by atomic mass is 9.88. The van der Waals surface area contributed by atoms with Gasteiger partial charge in [-0.15, -0.1) is 0 Å². The molecule has 3 nitrogen and oxygen atoms in total. The molecule has 1 aromatic carbocycles. The molecule has 1 fully saturated rings. The fourth-order valence-electron chi connectivity index (χ4n) is 2.44. The molecule has 0 unspecified atom stereocenters. The van der Waals surface area contributed by atoms with E-state index in [0.29, 0.717) is 6.42 Å². The summed E-state index contributed by atoms with van der Waals surface area (Å²) in [4.78, 5) is 0. The van der Waals surface area contributed by atoms with Crippen LogP contribution in [0, 0.1) is 11.3 Å². The van der Waals surface area contributed by atoms with Gasteiger partial charge in [0, 0.05) is 24.8 Å². The molecule has 1 saturated heterocycles. The van der Waals surface area contributed by atoms with Gasteiger partial charge in [0.25, 0.3) is 0 Å². The van der Waals surface area contributed by atoms with Gasteiger partial charge in [-0.25, -0.2) is 0 Å². The Bertz CT molecular complexity index is 558. The molecule has 1 aliphatic heterocycles. The Morgan fingerprint density at radius 1 is 1.31 bits per heavy atom. The average molecular weight is 211 g/mol. The van der Waals surface area contributed by atoms with Crippen LogP contribution in [0.4, 0.5) is 0 Å². The van der Waals surface area contributed by atoms with Crippen molar-refractivity contribution in [1.29, 1.82) is 5.26 Å². The van der Waals surface area contributed by atoms with Crippen LogP contribution in [0.1, 0.15) is 6.42 Å². The van der Waals surface area contributed by atoms with Crippen molar-refractivity contribution in [2.75, 3.05) is 13.1 Å². The Morgan fingerprint density at radius 2 is 2.12 bits per heavy atom. The lowest BCUT2D eigenvalue weighted by molar-refractivity contribution is 0.187. The van der Waals surface area contributed by atoms with Crippen LogP contribution < -0.4 is 5.32 Å². The molecule has 2 heterocycles. The van der Waals surface area contributed by atoms with Gasteiger partial charge in [0.05, 0.1) is 18.0 Å². The van der Waals surface area contributed by atoms with Crippen molar-refractivity contribution in [3.8, 4) is 6.07 Å². The molecule has 2 aromatic rings. The van der Waals surface area contributed by atoms with E-state index in [0.717, 1.165) is 13.1 Å². The number of rotatable bonds is 2. The van der Waals surface area contributed by atoms with Gasteiger partial charge in [0.15, 0.2) is 0 Å². The van der Waals surface area contributed by atoms with Crippen molar-refractivity contribution in [2.45, 2.75) is 12.0 Å². The summed E-state index contributed by atoms with van der Waals surface area (Å²) in [6, 6.07) is 12.7. The molecule has 0 radical (unpaired) electrons. The topological polar surface area (TPSA) is 40.8 Å². The Labute approximate surface area is 94.3 Å². The molecule has 3 rings (SSSR count). The Balaban J connectivity index is 2.15. The second-order valence-electron chi connectivity index (χ2n) is 4.41. The first-order valence-corrected chi connectivity index (χ1v) is 5.50. The molecule has 0 bridgehead atoms. The first-order valence-electron chi connectivity index (χ1n) is 5.50. The van der Waals surface area contributed by atoms with Crippen LogP contribution >= 0.6 is 0 Å². The minimum absolute atomic E-state index is 0.0299. The highest BCUT2D eigenvalue weighted by Crippen LogP contribution is 2.30. The van der Waals surface area contributed by atoms with Crippen LogP contribution in [0.3, 0.4) is 0 Å². The quantitative estimate of drug-likeness (QED) is 0.823. The van der Waals surface area contributed by atoms with Crippen molar-refractivity contribution in [3.63, 3.8) is 0 Å². The van der Waals surface area contributed by atoms with Crippen molar-refractivity contribution >= 4 is 10.9 Å². The lowest BCUT2D eigenvalue weighted by Crippen LogP contribution is -2.60. The minimum Gasteiger partial charge on any atom is -0.338 e. The molecule has 0 aliphatic carbocycles. The number of nitrogens with zero attached hydrogens (tertiary/aromatic N) is 2. The smallest absolute Gasteiger partial charge is 0.0822 e. The van der Waals surface area contributed by atoms with Gasteiger partial charge in [0.1, 0.15) is 0 Å².